The third kappa shape index (κ3) is 4.42. The van der Waals surface area contributed by atoms with Crippen molar-refractivity contribution in [3.8, 4) is 5.82 Å². The molecular formula is C21H21F3N6O2. The Balaban J connectivity index is 1.74. The number of amides is 1. The zero-order valence-electron chi connectivity index (χ0n) is 17.5. The monoisotopic (exact) mass is 446 g/mol. The van der Waals surface area contributed by atoms with Gasteiger partial charge in [-0.3, -0.25) is 4.79 Å². The average molecular weight is 446 g/mol. The van der Waals surface area contributed by atoms with Crippen molar-refractivity contribution < 1.29 is 22.7 Å². The molecule has 0 atom stereocenters. The summed E-state index contributed by atoms with van der Waals surface area (Å²) in [7, 11) is 0. The highest BCUT2D eigenvalue weighted by Crippen LogP contribution is 2.37. The van der Waals surface area contributed by atoms with E-state index in [4.69, 9.17) is 4.74 Å². The summed E-state index contributed by atoms with van der Waals surface area (Å²) in [5, 5.41) is 10.2. The van der Waals surface area contributed by atoms with Gasteiger partial charge in [0.2, 0.25) is 0 Å². The third-order valence-corrected chi connectivity index (χ3v) is 5.21. The van der Waals surface area contributed by atoms with Crippen LogP contribution in [-0.2, 0) is 10.9 Å². The number of anilines is 2. The van der Waals surface area contributed by atoms with E-state index >= 15 is 0 Å². The Labute approximate surface area is 182 Å². The second-order valence-corrected chi connectivity index (χ2v) is 7.39. The molecule has 1 fully saturated rings. The minimum Gasteiger partial charge on any atom is -0.378 e. The van der Waals surface area contributed by atoms with Gasteiger partial charge < -0.3 is 15.0 Å². The van der Waals surface area contributed by atoms with E-state index in [0.29, 0.717) is 43.2 Å². The van der Waals surface area contributed by atoms with Gasteiger partial charge in [0.15, 0.2) is 5.82 Å². The van der Waals surface area contributed by atoms with Crippen LogP contribution in [0.1, 0.15) is 27.2 Å². The Bertz CT molecular complexity index is 1130. The van der Waals surface area contributed by atoms with Crippen molar-refractivity contribution in [2.45, 2.75) is 20.0 Å². The fourth-order valence-corrected chi connectivity index (χ4v) is 3.53. The van der Waals surface area contributed by atoms with Crippen LogP contribution in [0, 0.1) is 13.8 Å². The summed E-state index contributed by atoms with van der Waals surface area (Å²) < 4.78 is 47.5. The first-order valence-corrected chi connectivity index (χ1v) is 9.94. The van der Waals surface area contributed by atoms with E-state index < -0.39 is 17.6 Å². The minimum absolute atomic E-state index is 0.0800. The van der Waals surface area contributed by atoms with Gasteiger partial charge in [-0.05, 0) is 43.7 Å². The Kier molecular flexibility index (Phi) is 5.83. The van der Waals surface area contributed by atoms with Crippen molar-refractivity contribution >= 4 is 17.3 Å². The number of alkyl halides is 3. The predicted molar refractivity (Wildman–Crippen MR) is 111 cm³/mol. The lowest BCUT2D eigenvalue weighted by Crippen LogP contribution is -2.37. The maximum Gasteiger partial charge on any atom is 0.416 e. The number of halogens is 3. The second kappa shape index (κ2) is 8.58. The molecule has 168 valence electrons. The fraction of sp³-hybridized carbons (Fsp3) is 0.333. The van der Waals surface area contributed by atoms with Gasteiger partial charge >= 0.3 is 6.18 Å². The van der Waals surface area contributed by atoms with Gasteiger partial charge in [0.05, 0.1) is 36.7 Å². The zero-order valence-corrected chi connectivity index (χ0v) is 17.5. The molecule has 0 aliphatic carbocycles. The molecule has 8 nitrogen and oxygen atoms in total. The molecule has 1 saturated heterocycles. The van der Waals surface area contributed by atoms with E-state index in [1.54, 1.807) is 26.0 Å². The van der Waals surface area contributed by atoms with E-state index in [1.807, 2.05) is 4.90 Å². The molecule has 32 heavy (non-hydrogen) atoms. The molecule has 2 aromatic heterocycles. The first-order chi connectivity index (χ1) is 15.2. The van der Waals surface area contributed by atoms with Gasteiger partial charge in [-0.25, -0.2) is 9.67 Å². The maximum absolute atomic E-state index is 13.6. The molecule has 0 unspecified atom stereocenters. The van der Waals surface area contributed by atoms with Gasteiger partial charge in [-0.15, -0.1) is 5.10 Å². The van der Waals surface area contributed by atoms with Gasteiger partial charge in [-0.2, -0.15) is 13.2 Å². The Morgan fingerprint density at radius 2 is 1.91 bits per heavy atom. The van der Waals surface area contributed by atoms with E-state index in [0.717, 1.165) is 12.1 Å². The number of nitrogens with one attached hydrogen (secondary N) is 1. The van der Waals surface area contributed by atoms with Gasteiger partial charge in [0.1, 0.15) is 0 Å². The molecule has 0 bridgehead atoms. The molecule has 4 rings (SSSR count). The molecule has 0 radical (unpaired) electrons. The molecule has 1 N–H and O–H groups in total. The summed E-state index contributed by atoms with van der Waals surface area (Å²) in [6, 6.07) is 5.27. The Morgan fingerprint density at radius 1 is 1.16 bits per heavy atom. The molecule has 0 spiro atoms. The van der Waals surface area contributed by atoms with Gasteiger partial charge in [0, 0.05) is 30.2 Å². The lowest BCUT2D eigenvalue weighted by molar-refractivity contribution is -0.137. The number of pyridine rings is 1. The van der Waals surface area contributed by atoms with Crippen molar-refractivity contribution in [2.24, 2.45) is 0 Å². The number of carbonyl (C=O) groups is 1. The van der Waals surface area contributed by atoms with Crippen LogP contribution >= 0.6 is 0 Å². The molecule has 1 aliphatic rings. The van der Waals surface area contributed by atoms with Crippen molar-refractivity contribution in [2.75, 3.05) is 36.5 Å². The number of carbonyl (C=O) groups excluding carboxylic acids is 1. The zero-order chi connectivity index (χ0) is 22.9. The SMILES string of the molecule is Cc1ccc(C(=O)Nc2cc(C(F)(F)F)cc(N3CCOCC3)c2C)c(-n2ccnn2)n1. The van der Waals surface area contributed by atoms with Crippen LogP contribution in [0.4, 0.5) is 24.5 Å². The predicted octanol–water partition coefficient (Wildman–Crippen LogP) is 3.39. The first-order valence-electron chi connectivity index (χ1n) is 9.94. The molecule has 1 aromatic carbocycles. The summed E-state index contributed by atoms with van der Waals surface area (Å²) in [6.45, 7) is 5.23. The normalized spacial score (nSPS) is 14.5. The van der Waals surface area contributed by atoms with Crippen molar-refractivity contribution in [1.82, 2.24) is 20.0 Å². The molecule has 1 aliphatic heterocycles. The number of morpholine rings is 1. The van der Waals surface area contributed by atoms with E-state index in [-0.39, 0.29) is 17.1 Å². The standard InChI is InChI=1S/C21H21F3N6O2/c1-13-3-4-16(19(26-13)30-6-5-25-28-30)20(31)27-17-11-15(21(22,23)24)12-18(14(17)2)29-7-9-32-10-8-29/h3-6,11-12H,7-10H2,1-2H3,(H,27,31). The van der Waals surface area contributed by atoms with Gasteiger partial charge in [-0.1, -0.05) is 5.21 Å². The van der Waals surface area contributed by atoms with Crippen molar-refractivity contribution in [3.05, 3.63) is 59.0 Å². The third-order valence-electron chi connectivity index (χ3n) is 5.21. The van der Waals surface area contributed by atoms with Crippen LogP contribution in [0.3, 0.4) is 0 Å². The summed E-state index contributed by atoms with van der Waals surface area (Å²) >= 11 is 0. The minimum atomic E-state index is -4.56. The molecular weight excluding hydrogens is 425 g/mol. The Morgan fingerprint density at radius 3 is 2.56 bits per heavy atom. The van der Waals surface area contributed by atoms with Crippen LogP contribution in [0.15, 0.2) is 36.7 Å². The van der Waals surface area contributed by atoms with E-state index in [1.165, 1.54) is 17.1 Å². The molecule has 1 amide bonds. The van der Waals surface area contributed by atoms with Crippen molar-refractivity contribution in [3.63, 3.8) is 0 Å². The first kappa shape index (κ1) is 21.8. The Hall–Kier alpha value is -3.47. The lowest BCUT2D eigenvalue weighted by Gasteiger charge is -2.31. The average Bonchev–Trinajstić information content (AvgIpc) is 3.29. The van der Waals surface area contributed by atoms with Crippen LogP contribution in [0.2, 0.25) is 0 Å². The number of hydrogen-bond acceptors (Lipinski definition) is 6. The quantitative estimate of drug-likeness (QED) is 0.662. The summed E-state index contributed by atoms with van der Waals surface area (Å²) in [5.41, 5.74) is 1.00. The molecule has 0 saturated carbocycles. The molecule has 3 aromatic rings. The number of aromatic nitrogens is 4. The number of rotatable bonds is 4. The number of benzene rings is 1. The molecule has 11 heteroatoms. The van der Waals surface area contributed by atoms with E-state index in [9.17, 15) is 18.0 Å². The van der Waals surface area contributed by atoms with E-state index in [2.05, 4.69) is 20.6 Å². The summed E-state index contributed by atoms with van der Waals surface area (Å²) in [5.74, 6) is -0.364. The highest BCUT2D eigenvalue weighted by atomic mass is 19.4. The number of nitrogens with zero attached hydrogens (tertiary/aromatic N) is 5. The largest absolute Gasteiger partial charge is 0.416 e. The van der Waals surface area contributed by atoms with Crippen LogP contribution < -0.4 is 10.2 Å². The highest BCUT2D eigenvalue weighted by Gasteiger charge is 2.33. The van der Waals surface area contributed by atoms with Gasteiger partial charge in [0.25, 0.3) is 5.91 Å². The number of ether oxygens (including phenoxy) is 1. The number of aryl methyl sites for hydroxylation is 1. The molecule has 3 heterocycles. The van der Waals surface area contributed by atoms with Crippen LogP contribution in [0.25, 0.3) is 5.82 Å². The van der Waals surface area contributed by atoms with Crippen LogP contribution in [0.5, 0.6) is 0 Å². The lowest BCUT2D eigenvalue weighted by atomic mass is 10.0. The van der Waals surface area contributed by atoms with Crippen molar-refractivity contribution in [1.29, 1.82) is 0 Å². The highest BCUT2D eigenvalue weighted by molar-refractivity contribution is 6.07. The topological polar surface area (TPSA) is 85.2 Å². The second-order valence-electron chi connectivity index (χ2n) is 7.39. The fourth-order valence-electron chi connectivity index (χ4n) is 3.53. The maximum atomic E-state index is 13.6. The summed E-state index contributed by atoms with van der Waals surface area (Å²) in [4.78, 5) is 19.3. The smallest absolute Gasteiger partial charge is 0.378 e. The number of hydrogen-bond donors (Lipinski definition) is 1. The van der Waals surface area contributed by atoms with Crippen LogP contribution in [-0.4, -0.2) is 52.2 Å². The summed E-state index contributed by atoms with van der Waals surface area (Å²) in [6.07, 6.45) is -1.59.